The standard InChI is InChI=1S/C8H15N5O2S/c1-3-9-4-5-13-8(10-11-12-13)16-6-7(14)15-2/h9H,3-6H2,1-2H3. The van der Waals surface area contributed by atoms with E-state index in [1.807, 2.05) is 6.92 Å². The normalized spacial score (nSPS) is 10.4. The number of esters is 1. The first-order valence-electron chi connectivity index (χ1n) is 4.94. The van der Waals surface area contributed by atoms with E-state index in [0.29, 0.717) is 11.7 Å². The number of hydrogen-bond donors (Lipinski definition) is 1. The molecule has 0 fully saturated rings. The number of ether oxygens (including phenoxy) is 1. The van der Waals surface area contributed by atoms with Crippen LogP contribution >= 0.6 is 11.8 Å². The molecule has 0 unspecified atom stereocenters. The van der Waals surface area contributed by atoms with Crippen LogP contribution in [-0.2, 0) is 16.1 Å². The molecule has 7 nitrogen and oxygen atoms in total. The van der Waals surface area contributed by atoms with E-state index in [-0.39, 0.29) is 11.7 Å². The molecule has 0 aliphatic carbocycles. The lowest BCUT2D eigenvalue weighted by Gasteiger charge is -2.03. The second-order valence-corrected chi connectivity index (χ2v) is 3.85. The van der Waals surface area contributed by atoms with Crippen molar-refractivity contribution >= 4 is 17.7 Å². The number of nitrogens with zero attached hydrogens (tertiary/aromatic N) is 4. The van der Waals surface area contributed by atoms with E-state index in [4.69, 9.17) is 0 Å². The van der Waals surface area contributed by atoms with Crippen molar-refractivity contribution in [2.75, 3.05) is 26.0 Å². The molecule has 0 bridgehead atoms. The van der Waals surface area contributed by atoms with Crippen LogP contribution in [0.2, 0.25) is 0 Å². The van der Waals surface area contributed by atoms with Gasteiger partial charge in [-0.2, -0.15) is 0 Å². The van der Waals surface area contributed by atoms with Gasteiger partial charge in [0, 0.05) is 6.54 Å². The highest BCUT2D eigenvalue weighted by atomic mass is 32.2. The van der Waals surface area contributed by atoms with Gasteiger partial charge in [-0.15, -0.1) is 5.10 Å². The smallest absolute Gasteiger partial charge is 0.316 e. The van der Waals surface area contributed by atoms with Gasteiger partial charge in [-0.1, -0.05) is 18.7 Å². The monoisotopic (exact) mass is 245 g/mol. The zero-order valence-corrected chi connectivity index (χ0v) is 10.2. The fourth-order valence-corrected chi connectivity index (χ4v) is 1.72. The van der Waals surface area contributed by atoms with E-state index < -0.39 is 0 Å². The molecule has 0 amide bonds. The van der Waals surface area contributed by atoms with Crippen LogP contribution in [0.3, 0.4) is 0 Å². The second-order valence-electron chi connectivity index (χ2n) is 2.90. The Morgan fingerprint density at radius 2 is 2.44 bits per heavy atom. The molecule has 90 valence electrons. The first-order chi connectivity index (χ1) is 7.77. The average molecular weight is 245 g/mol. The van der Waals surface area contributed by atoms with Crippen molar-refractivity contribution in [3.05, 3.63) is 0 Å². The van der Waals surface area contributed by atoms with Crippen LogP contribution in [0, 0.1) is 0 Å². The summed E-state index contributed by atoms with van der Waals surface area (Å²) in [6, 6.07) is 0. The van der Waals surface area contributed by atoms with Gasteiger partial charge in [0.05, 0.1) is 19.4 Å². The molecular weight excluding hydrogens is 230 g/mol. The topological polar surface area (TPSA) is 81.9 Å². The predicted molar refractivity (Wildman–Crippen MR) is 59.1 cm³/mol. The summed E-state index contributed by atoms with van der Waals surface area (Å²) in [6.45, 7) is 4.43. The summed E-state index contributed by atoms with van der Waals surface area (Å²) < 4.78 is 6.20. The summed E-state index contributed by atoms with van der Waals surface area (Å²) in [6.07, 6.45) is 0. The maximum Gasteiger partial charge on any atom is 0.316 e. The molecule has 0 aliphatic rings. The highest BCUT2D eigenvalue weighted by molar-refractivity contribution is 7.99. The lowest BCUT2D eigenvalue weighted by atomic mass is 10.6. The summed E-state index contributed by atoms with van der Waals surface area (Å²) >= 11 is 1.27. The molecule has 16 heavy (non-hydrogen) atoms. The number of carbonyl (C=O) groups is 1. The van der Waals surface area contributed by atoms with Gasteiger partial charge in [-0.05, 0) is 17.0 Å². The molecule has 8 heteroatoms. The number of methoxy groups -OCH3 is 1. The van der Waals surface area contributed by atoms with Gasteiger partial charge in [0.2, 0.25) is 5.16 Å². The average Bonchev–Trinajstić information content (AvgIpc) is 2.74. The molecule has 1 aromatic rings. The lowest BCUT2D eigenvalue weighted by molar-refractivity contribution is -0.137. The van der Waals surface area contributed by atoms with E-state index in [0.717, 1.165) is 13.1 Å². The predicted octanol–water partition coefficient (Wildman–Crippen LogP) is -0.452. The minimum atomic E-state index is -0.286. The van der Waals surface area contributed by atoms with Crippen molar-refractivity contribution in [1.82, 2.24) is 25.5 Å². The molecule has 0 saturated heterocycles. The van der Waals surface area contributed by atoms with Crippen LogP contribution in [0.4, 0.5) is 0 Å². The molecule has 0 spiro atoms. The van der Waals surface area contributed by atoms with E-state index in [1.54, 1.807) is 4.68 Å². The maximum absolute atomic E-state index is 10.9. The van der Waals surface area contributed by atoms with Crippen molar-refractivity contribution in [1.29, 1.82) is 0 Å². The summed E-state index contributed by atoms with van der Waals surface area (Å²) in [5.41, 5.74) is 0. The summed E-state index contributed by atoms with van der Waals surface area (Å²) in [4.78, 5) is 10.9. The number of hydrogen-bond acceptors (Lipinski definition) is 7. The van der Waals surface area contributed by atoms with Crippen molar-refractivity contribution < 1.29 is 9.53 Å². The lowest BCUT2D eigenvalue weighted by Crippen LogP contribution is -2.20. The van der Waals surface area contributed by atoms with Crippen LogP contribution in [0.1, 0.15) is 6.92 Å². The zero-order chi connectivity index (χ0) is 11.8. The molecule has 0 aliphatic heterocycles. The van der Waals surface area contributed by atoms with E-state index in [2.05, 4.69) is 25.6 Å². The van der Waals surface area contributed by atoms with E-state index in [1.165, 1.54) is 18.9 Å². The van der Waals surface area contributed by atoms with Crippen LogP contribution in [0.25, 0.3) is 0 Å². The first-order valence-corrected chi connectivity index (χ1v) is 5.93. The van der Waals surface area contributed by atoms with Gasteiger partial charge < -0.3 is 10.1 Å². The number of tetrazole rings is 1. The Bertz CT molecular complexity index is 330. The molecule has 0 aromatic carbocycles. The van der Waals surface area contributed by atoms with Crippen molar-refractivity contribution in [3.63, 3.8) is 0 Å². The number of rotatable bonds is 7. The van der Waals surface area contributed by atoms with Gasteiger partial charge in [-0.3, -0.25) is 4.79 Å². The minimum Gasteiger partial charge on any atom is -0.468 e. The molecule has 0 saturated carbocycles. The van der Waals surface area contributed by atoms with Gasteiger partial charge in [-0.25, -0.2) is 4.68 Å². The minimum absolute atomic E-state index is 0.220. The van der Waals surface area contributed by atoms with Gasteiger partial charge in [0.15, 0.2) is 0 Å². The highest BCUT2D eigenvalue weighted by Crippen LogP contribution is 2.12. The number of thioether (sulfide) groups is 1. The molecule has 0 atom stereocenters. The van der Waals surface area contributed by atoms with E-state index in [9.17, 15) is 4.79 Å². The number of carbonyl (C=O) groups excluding carboxylic acids is 1. The Balaban J connectivity index is 2.40. The SMILES string of the molecule is CCNCCn1nnnc1SCC(=O)OC. The maximum atomic E-state index is 10.9. The number of likely N-dealkylation sites (N-methyl/N-ethyl adjacent to an activating group) is 1. The third kappa shape index (κ3) is 4.15. The third-order valence-electron chi connectivity index (χ3n) is 1.80. The third-order valence-corrected chi connectivity index (χ3v) is 2.73. The number of nitrogens with one attached hydrogen (secondary N) is 1. The first kappa shape index (κ1) is 12.9. The van der Waals surface area contributed by atoms with Gasteiger partial charge >= 0.3 is 5.97 Å². The largest absolute Gasteiger partial charge is 0.468 e. The van der Waals surface area contributed by atoms with Crippen molar-refractivity contribution in [2.24, 2.45) is 0 Å². The van der Waals surface area contributed by atoms with Crippen LogP contribution < -0.4 is 5.32 Å². The Morgan fingerprint density at radius 3 is 3.12 bits per heavy atom. The Morgan fingerprint density at radius 1 is 1.62 bits per heavy atom. The van der Waals surface area contributed by atoms with Crippen LogP contribution in [0.15, 0.2) is 5.16 Å². The number of aromatic nitrogens is 4. The summed E-state index contributed by atoms with van der Waals surface area (Å²) in [5, 5.41) is 15.0. The summed E-state index contributed by atoms with van der Waals surface area (Å²) in [5.74, 6) is -0.0656. The van der Waals surface area contributed by atoms with E-state index >= 15 is 0 Å². The Kier molecular flexibility index (Phi) is 5.79. The molecular formula is C8H15N5O2S. The second kappa shape index (κ2) is 7.18. The quantitative estimate of drug-likeness (QED) is 0.395. The fraction of sp³-hybridized carbons (Fsp3) is 0.750. The molecule has 0 radical (unpaired) electrons. The highest BCUT2D eigenvalue weighted by Gasteiger charge is 2.09. The molecule has 1 N–H and O–H groups in total. The van der Waals surface area contributed by atoms with Gasteiger partial charge in [0.1, 0.15) is 0 Å². The fourth-order valence-electron chi connectivity index (χ4n) is 0.984. The molecule has 1 rings (SSSR count). The Labute approximate surface area is 97.9 Å². The zero-order valence-electron chi connectivity index (χ0n) is 9.34. The van der Waals surface area contributed by atoms with Crippen molar-refractivity contribution in [3.8, 4) is 0 Å². The summed E-state index contributed by atoms with van der Waals surface area (Å²) in [7, 11) is 1.36. The van der Waals surface area contributed by atoms with Crippen molar-refractivity contribution in [2.45, 2.75) is 18.6 Å². The van der Waals surface area contributed by atoms with Crippen LogP contribution in [0.5, 0.6) is 0 Å². The van der Waals surface area contributed by atoms with Crippen LogP contribution in [-0.4, -0.2) is 52.1 Å². The Hall–Kier alpha value is -1.15. The van der Waals surface area contributed by atoms with Gasteiger partial charge in [0.25, 0.3) is 0 Å². The molecule has 1 aromatic heterocycles. The molecule has 1 heterocycles.